The normalized spacial score (nSPS) is 13.0. The first-order chi connectivity index (χ1) is 6.06. The Hall–Kier alpha value is -0.480. The molecule has 0 radical (unpaired) electrons. The molecule has 0 spiro atoms. The molecular weight excluding hydrogens is 240 g/mol. The molecule has 0 saturated heterocycles. The van der Waals surface area contributed by atoms with Crippen LogP contribution in [-0.4, -0.2) is 6.67 Å². The number of benzene rings is 1. The van der Waals surface area contributed by atoms with Gasteiger partial charge in [-0.15, -0.1) is 0 Å². The second-order valence-corrected chi connectivity index (χ2v) is 3.80. The molecule has 0 aliphatic carbocycles. The Labute approximate surface area is 84.1 Å². The zero-order valence-electron chi connectivity index (χ0n) is 7.15. The van der Waals surface area contributed by atoms with Crippen LogP contribution in [0.25, 0.3) is 0 Å². The zero-order chi connectivity index (χ0) is 10.0. The zero-order valence-corrected chi connectivity index (χ0v) is 8.74. The number of alkyl halides is 1. The van der Waals surface area contributed by atoms with Crippen LogP contribution in [0, 0.1) is 12.7 Å². The van der Waals surface area contributed by atoms with E-state index in [9.17, 15) is 8.78 Å². The molecule has 0 fully saturated rings. The van der Waals surface area contributed by atoms with Crippen molar-refractivity contribution in [2.24, 2.45) is 5.73 Å². The van der Waals surface area contributed by atoms with Gasteiger partial charge in [-0.25, -0.2) is 8.78 Å². The van der Waals surface area contributed by atoms with Crippen LogP contribution >= 0.6 is 15.9 Å². The second kappa shape index (κ2) is 4.15. The maximum atomic E-state index is 13.4. The van der Waals surface area contributed by atoms with Crippen LogP contribution in [0.5, 0.6) is 0 Å². The van der Waals surface area contributed by atoms with Crippen LogP contribution in [0.1, 0.15) is 17.2 Å². The topological polar surface area (TPSA) is 26.0 Å². The molecular formula is C9H10BrF2N. The van der Waals surface area contributed by atoms with Crippen LogP contribution in [0.4, 0.5) is 8.78 Å². The summed E-state index contributed by atoms with van der Waals surface area (Å²) >= 11 is 3.20. The van der Waals surface area contributed by atoms with Gasteiger partial charge in [0.15, 0.2) is 0 Å². The fourth-order valence-electron chi connectivity index (χ4n) is 1.10. The van der Waals surface area contributed by atoms with Gasteiger partial charge in [-0.3, -0.25) is 0 Å². The number of hydrogen-bond acceptors (Lipinski definition) is 1. The third-order valence-corrected chi connectivity index (χ3v) is 2.27. The smallest absolute Gasteiger partial charge is 0.131 e. The van der Waals surface area contributed by atoms with E-state index in [1.165, 1.54) is 6.07 Å². The third kappa shape index (κ3) is 2.25. The van der Waals surface area contributed by atoms with E-state index in [-0.39, 0.29) is 5.56 Å². The van der Waals surface area contributed by atoms with Gasteiger partial charge < -0.3 is 5.73 Å². The van der Waals surface area contributed by atoms with Crippen LogP contribution in [0.3, 0.4) is 0 Å². The summed E-state index contributed by atoms with van der Waals surface area (Å²) in [6.07, 6.45) is 0. The minimum absolute atomic E-state index is 0.217. The summed E-state index contributed by atoms with van der Waals surface area (Å²) in [5.41, 5.74) is 6.08. The summed E-state index contributed by atoms with van der Waals surface area (Å²) < 4.78 is 26.3. The average molecular weight is 250 g/mol. The molecule has 0 aliphatic heterocycles. The van der Waals surface area contributed by atoms with Crippen molar-refractivity contribution in [3.05, 3.63) is 33.5 Å². The van der Waals surface area contributed by atoms with E-state index in [1.54, 1.807) is 13.0 Å². The van der Waals surface area contributed by atoms with Crippen LogP contribution in [0.15, 0.2) is 16.6 Å². The fraction of sp³-hybridized carbons (Fsp3) is 0.333. The molecule has 72 valence electrons. The van der Waals surface area contributed by atoms with Crippen LogP contribution < -0.4 is 5.73 Å². The predicted molar refractivity (Wildman–Crippen MR) is 51.7 cm³/mol. The van der Waals surface area contributed by atoms with Gasteiger partial charge >= 0.3 is 0 Å². The highest BCUT2D eigenvalue weighted by molar-refractivity contribution is 9.10. The van der Waals surface area contributed by atoms with Gasteiger partial charge in [0.05, 0.1) is 6.04 Å². The van der Waals surface area contributed by atoms with Crippen molar-refractivity contribution in [3.8, 4) is 0 Å². The van der Waals surface area contributed by atoms with E-state index in [4.69, 9.17) is 5.73 Å². The molecule has 1 nitrogen and oxygen atoms in total. The van der Waals surface area contributed by atoms with Gasteiger partial charge in [-0.1, -0.05) is 15.9 Å². The highest BCUT2D eigenvalue weighted by atomic mass is 79.9. The summed E-state index contributed by atoms with van der Waals surface area (Å²) in [6.45, 7) is 0.862. The van der Waals surface area contributed by atoms with Crippen molar-refractivity contribution in [1.82, 2.24) is 0 Å². The summed E-state index contributed by atoms with van der Waals surface area (Å²) in [5, 5.41) is 0. The Balaban J connectivity index is 3.20. The Morgan fingerprint density at radius 2 is 2.15 bits per heavy atom. The van der Waals surface area contributed by atoms with Crippen molar-refractivity contribution in [2.75, 3.05) is 6.67 Å². The third-order valence-electron chi connectivity index (χ3n) is 1.81. The number of hydrogen-bond donors (Lipinski definition) is 1. The molecule has 0 unspecified atom stereocenters. The van der Waals surface area contributed by atoms with E-state index in [0.29, 0.717) is 10.0 Å². The molecule has 2 N–H and O–H groups in total. The summed E-state index contributed by atoms with van der Waals surface area (Å²) in [7, 11) is 0. The fourth-order valence-corrected chi connectivity index (χ4v) is 1.69. The molecule has 1 aromatic rings. The Kier molecular flexibility index (Phi) is 3.39. The molecule has 0 aromatic heterocycles. The van der Waals surface area contributed by atoms with Crippen molar-refractivity contribution in [1.29, 1.82) is 0 Å². The molecule has 0 saturated carbocycles. The summed E-state index contributed by atoms with van der Waals surface area (Å²) in [4.78, 5) is 0. The summed E-state index contributed by atoms with van der Waals surface area (Å²) in [5.74, 6) is -0.423. The van der Waals surface area contributed by atoms with Gasteiger partial charge in [0.1, 0.15) is 12.5 Å². The van der Waals surface area contributed by atoms with E-state index in [1.807, 2.05) is 0 Å². The van der Waals surface area contributed by atoms with Gasteiger partial charge in [0.2, 0.25) is 0 Å². The largest absolute Gasteiger partial charge is 0.322 e. The first-order valence-corrected chi connectivity index (χ1v) is 4.62. The maximum absolute atomic E-state index is 13.4. The van der Waals surface area contributed by atoms with E-state index in [0.717, 1.165) is 0 Å². The number of halogens is 3. The predicted octanol–water partition coefficient (Wildman–Crippen LogP) is 2.87. The Morgan fingerprint density at radius 1 is 1.54 bits per heavy atom. The highest BCUT2D eigenvalue weighted by Crippen LogP contribution is 2.23. The lowest BCUT2D eigenvalue weighted by Crippen LogP contribution is -2.14. The Morgan fingerprint density at radius 3 is 2.69 bits per heavy atom. The minimum atomic E-state index is -0.879. The molecule has 0 aliphatic rings. The van der Waals surface area contributed by atoms with Crippen molar-refractivity contribution in [2.45, 2.75) is 13.0 Å². The first-order valence-electron chi connectivity index (χ1n) is 3.83. The molecule has 1 atom stereocenters. The molecule has 1 rings (SSSR count). The molecule has 4 heteroatoms. The van der Waals surface area contributed by atoms with E-state index in [2.05, 4.69) is 15.9 Å². The number of rotatable bonds is 2. The number of aryl methyl sites for hydroxylation is 1. The van der Waals surface area contributed by atoms with Crippen molar-refractivity contribution in [3.63, 3.8) is 0 Å². The lowest BCUT2D eigenvalue weighted by atomic mass is 10.1. The maximum Gasteiger partial charge on any atom is 0.131 e. The summed E-state index contributed by atoms with van der Waals surface area (Å²) in [6, 6.07) is 2.26. The van der Waals surface area contributed by atoms with Crippen LogP contribution in [-0.2, 0) is 0 Å². The van der Waals surface area contributed by atoms with Gasteiger partial charge in [0.25, 0.3) is 0 Å². The standard InChI is InChI=1S/C9H10BrF2N/c1-5-2-6(10)3-7(9(5)12)8(13)4-11/h2-3,8H,4,13H2,1H3/t8-/m1/s1. The minimum Gasteiger partial charge on any atom is -0.322 e. The molecule has 1 aromatic carbocycles. The first kappa shape index (κ1) is 10.6. The average Bonchev–Trinajstić information content (AvgIpc) is 2.10. The van der Waals surface area contributed by atoms with Gasteiger partial charge in [-0.2, -0.15) is 0 Å². The molecule has 0 amide bonds. The SMILES string of the molecule is Cc1cc(Br)cc([C@H](N)CF)c1F. The van der Waals surface area contributed by atoms with Crippen LogP contribution in [0.2, 0.25) is 0 Å². The van der Waals surface area contributed by atoms with Gasteiger partial charge in [-0.05, 0) is 24.6 Å². The van der Waals surface area contributed by atoms with Gasteiger partial charge in [0, 0.05) is 10.0 Å². The quantitative estimate of drug-likeness (QED) is 0.858. The molecule has 0 bridgehead atoms. The monoisotopic (exact) mass is 249 g/mol. The Bertz CT molecular complexity index is 315. The van der Waals surface area contributed by atoms with E-state index >= 15 is 0 Å². The van der Waals surface area contributed by atoms with E-state index < -0.39 is 18.5 Å². The van der Waals surface area contributed by atoms with Crippen molar-refractivity contribution >= 4 is 15.9 Å². The number of nitrogens with two attached hydrogens (primary N) is 1. The second-order valence-electron chi connectivity index (χ2n) is 2.89. The lowest BCUT2D eigenvalue weighted by Gasteiger charge is -2.11. The molecule has 13 heavy (non-hydrogen) atoms. The molecule has 0 heterocycles. The lowest BCUT2D eigenvalue weighted by molar-refractivity contribution is 0.426. The van der Waals surface area contributed by atoms with Crippen molar-refractivity contribution < 1.29 is 8.78 Å². The highest BCUT2D eigenvalue weighted by Gasteiger charge is 2.13.